The Morgan fingerprint density at radius 2 is 1.72 bits per heavy atom. The number of rotatable bonds is 13. The van der Waals surface area contributed by atoms with Crippen molar-refractivity contribution in [1.82, 2.24) is 24.3 Å². The predicted octanol–water partition coefficient (Wildman–Crippen LogP) is 4.18. The topological polar surface area (TPSA) is 161 Å². The van der Waals surface area contributed by atoms with E-state index in [1.165, 1.54) is 11.3 Å². The van der Waals surface area contributed by atoms with Gasteiger partial charge in [0, 0.05) is 43.5 Å². The third-order valence-electron chi connectivity index (χ3n) is 7.01. The molecule has 0 saturated carbocycles. The molecule has 0 aliphatic rings. The number of nitrogens with zero attached hydrogens (tertiary/aromatic N) is 5. The quantitative estimate of drug-likeness (QED) is 0.0962. The second kappa shape index (κ2) is 14.9. The molecule has 0 fully saturated rings. The highest BCUT2D eigenvalue weighted by Gasteiger charge is 2.23. The molecule has 0 radical (unpaired) electrons. The van der Waals surface area contributed by atoms with Gasteiger partial charge in [-0.05, 0) is 57.2 Å². The molecule has 46 heavy (non-hydrogen) atoms. The number of methoxy groups -OCH3 is 1. The summed E-state index contributed by atoms with van der Waals surface area (Å²) in [5.41, 5.74) is 8.80. The van der Waals surface area contributed by atoms with Gasteiger partial charge in [-0.15, -0.1) is 11.3 Å². The van der Waals surface area contributed by atoms with Crippen LogP contribution in [0.2, 0.25) is 0 Å². The van der Waals surface area contributed by atoms with Crippen LogP contribution in [0, 0.1) is 0 Å². The Morgan fingerprint density at radius 3 is 2.41 bits per heavy atom. The van der Waals surface area contributed by atoms with Gasteiger partial charge in [0.1, 0.15) is 28.7 Å². The fourth-order valence-electron chi connectivity index (χ4n) is 4.66. The summed E-state index contributed by atoms with van der Waals surface area (Å²) in [6.45, 7) is 5.34. The van der Waals surface area contributed by atoms with Crippen LogP contribution in [0.1, 0.15) is 68.1 Å². The van der Waals surface area contributed by atoms with Crippen molar-refractivity contribution in [1.29, 1.82) is 0 Å². The Balaban J connectivity index is 1.43. The molecule has 0 saturated heterocycles. The third-order valence-corrected chi connectivity index (χ3v) is 8.29. The van der Waals surface area contributed by atoms with Gasteiger partial charge in [0.05, 0.1) is 18.5 Å². The van der Waals surface area contributed by atoms with E-state index in [1.807, 2.05) is 46.1 Å². The number of thiazole rings is 1. The molecule has 244 valence electrons. The second-order valence-electron chi connectivity index (χ2n) is 11.4. The Morgan fingerprint density at radius 1 is 1.02 bits per heavy atom. The molecule has 5 N–H and O–H groups in total. The monoisotopic (exact) mass is 647 g/mol. The summed E-state index contributed by atoms with van der Waals surface area (Å²) < 4.78 is 8.51. The van der Waals surface area contributed by atoms with E-state index in [9.17, 15) is 14.4 Å². The smallest absolute Gasteiger partial charge is 0.274 e. The molecule has 14 heteroatoms. The van der Waals surface area contributed by atoms with Crippen molar-refractivity contribution in [3.05, 3.63) is 76.3 Å². The van der Waals surface area contributed by atoms with Crippen LogP contribution in [0.3, 0.4) is 0 Å². The van der Waals surface area contributed by atoms with E-state index < -0.39 is 5.91 Å². The minimum atomic E-state index is -0.423. The Labute approximate surface area is 272 Å². The van der Waals surface area contributed by atoms with Gasteiger partial charge in [0.25, 0.3) is 17.7 Å². The Kier molecular flexibility index (Phi) is 11.0. The van der Waals surface area contributed by atoms with Crippen LogP contribution >= 0.6 is 11.3 Å². The van der Waals surface area contributed by atoms with Crippen LogP contribution in [-0.4, -0.2) is 76.9 Å². The first-order chi connectivity index (χ1) is 21.9. The van der Waals surface area contributed by atoms with Crippen LogP contribution in [0.4, 0.5) is 16.5 Å². The van der Waals surface area contributed by atoms with Crippen LogP contribution in [0.5, 0.6) is 5.75 Å². The SMILES string of the molecule is COc1cccc(C(N)=Nc2cc(C(=O)Nc3cc(C(=O)Nc4nc(C(=O)NCCCN(C)C)c(C(C)C)s4)n(C)c3)n(C)c2)c1. The molecule has 3 amide bonds. The van der Waals surface area contributed by atoms with Crippen molar-refractivity contribution >= 4 is 51.4 Å². The van der Waals surface area contributed by atoms with E-state index in [2.05, 4.69) is 30.8 Å². The zero-order valence-corrected chi connectivity index (χ0v) is 28.0. The maximum atomic E-state index is 13.2. The van der Waals surface area contributed by atoms with Crippen molar-refractivity contribution in [3.8, 4) is 5.75 Å². The van der Waals surface area contributed by atoms with E-state index in [0.717, 1.165) is 17.8 Å². The molecule has 3 aromatic heterocycles. The van der Waals surface area contributed by atoms with Crippen LogP contribution in [0.25, 0.3) is 0 Å². The number of nitrogens with two attached hydrogens (primary N) is 1. The molecule has 0 aliphatic heterocycles. The lowest BCUT2D eigenvalue weighted by Gasteiger charge is -2.10. The number of benzene rings is 1. The average Bonchev–Trinajstić information content (AvgIpc) is 3.71. The Bertz CT molecular complexity index is 1750. The minimum absolute atomic E-state index is 0.0459. The number of carbonyl (C=O) groups excluding carboxylic acids is 3. The van der Waals surface area contributed by atoms with E-state index in [1.54, 1.807) is 60.9 Å². The number of hydrogen-bond acceptors (Lipinski definition) is 8. The second-order valence-corrected chi connectivity index (χ2v) is 12.4. The number of aryl methyl sites for hydroxylation is 2. The van der Waals surface area contributed by atoms with Gasteiger partial charge in [-0.1, -0.05) is 26.0 Å². The number of nitrogens with one attached hydrogen (secondary N) is 3. The standard InChI is InChI=1S/C32H41N9O4S/c1-19(2)27-26(31(44)34-12-9-13-39(3)4)37-32(46-27)38-30(43)25-16-22(18-41(25)6)36-29(42)24-15-21(17-40(24)5)35-28(33)20-10-8-11-23(14-20)45-7/h8,10-11,14-19H,9,12-13H2,1-7H3,(H2,33,35)(H,34,44)(H,36,42)(H,37,38,43). The summed E-state index contributed by atoms with van der Waals surface area (Å²) in [5, 5.41) is 8.90. The summed E-state index contributed by atoms with van der Waals surface area (Å²) >= 11 is 1.27. The molecule has 0 aliphatic carbocycles. The van der Waals surface area contributed by atoms with E-state index in [0.29, 0.717) is 51.4 Å². The largest absolute Gasteiger partial charge is 0.497 e. The lowest BCUT2D eigenvalue weighted by molar-refractivity contribution is 0.0944. The molecule has 4 aromatic rings. The predicted molar refractivity (Wildman–Crippen MR) is 182 cm³/mol. The number of anilines is 2. The molecule has 1 aromatic carbocycles. The van der Waals surface area contributed by atoms with Crippen molar-refractivity contribution in [3.63, 3.8) is 0 Å². The molecule has 0 unspecified atom stereocenters. The van der Waals surface area contributed by atoms with Gasteiger partial charge in [-0.3, -0.25) is 19.7 Å². The normalized spacial score (nSPS) is 11.6. The van der Waals surface area contributed by atoms with Crippen LogP contribution in [0.15, 0.2) is 53.8 Å². The fourth-order valence-corrected chi connectivity index (χ4v) is 5.61. The van der Waals surface area contributed by atoms with Gasteiger partial charge in [0.2, 0.25) is 0 Å². The van der Waals surface area contributed by atoms with E-state index in [4.69, 9.17) is 10.5 Å². The third kappa shape index (κ3) is 8.40. The first kappa shape index (κ1) is 33.9. The zero-order valence-electron chi connectivity index (χ0n) is 27.2. The molecular weight excluding hydrogens is 606 g/mol. The lowest BCUT2D eigenvalue weighted by atomic mass is 10.1. The van der Waals surface area contributed by atoms with Gasteiger partial charge in [0.15, 0.2) is 5.13 Å². The molecule has 0 spiro atoms. The number of carbonyl (C=O) groups is 3. The summed E-state index contributed by atoms with van der Waals surface area (Å²) in [7, 11) is 8.98. The van der Waals surface area contributed by atoms with Crippen LogP contribution in [-0.2, 0) is 14.1 Å². The maximum absolute atomic E-state index is 13.2. The molecule has 13 nitrogen and oxygen atoms in total. The van der Waals surface area contributed by atoms with Crippen LogP contribution < -0.4 is 26.4 Å². The van der Waals surface area contributed by atoms with Crippen molar-refractivity contribution in [2.45, 2.75) is 26.2 Å². The van der Waals surface area contributed by atoms with Crippen molar-refractivity contribution < 1.29 is 19.1 Å². The molecule has 0 atom stereocenters. The maximum Gasteiger partial charge on any atom is 0.274 e. The highest BCUT2D eigenvalue weighted by molar-refractivity contribution is 7.16. The zero-order chi connectivity index (χ0) is 33.5. The summed E-state index contributed by atoms with van der Waals surface area (Å²) in [6, 6.07) is 10.4. The van der Waals surface area contributed by atoms with E-state index >= 15 is 0 Å². The van der Waals surface area contributed by atoms with Crippen molar-refractivity contribution in [2.75, 3.05) is 44.9 Å². The number of hydrogen-bond donors (Lipinski definition) is 4. The highest BCUT2D eigenvalue weighted by atomic mass is 32.1. The van der Waals surface area contributed by atoms with Crippen molar-refractivity contribution in [2.24, 2.45) is 24.8 Å². The summed E-state index contributed by atoms with van der Waals surface area (Å²) in [5.74, 6) is -0.0862. The van der Waals surface area contributed by atoms with Gasteiger partial charge in [-0.2, -0.15) is 0 Å². The molecule has 0 bridgehead atoms. The number of amidine groups is 1. The first-order valence-electron chi connectivity index (χ1n) is 14.7. The minimum Gasteiger partial charge on any atom is -0.497 e. The summed E-state index contributed by atoms with van der Waals surface area (Å²) in [6.07, 6.45) is 4.15. The summed E-state index contributed by atoms with van der Waals surface area (Å²) in [4.78, 5) is 51.0. The molecule has 3 heterocycles. The average molecular weight is 648 g/mol. The molecule has 4 rings (SSSR count). The number of amides is 3. The van der Waals surface area contributed by atoms with Gasteiger partial charge >= 0.3 is 0 Å². The fraction of sp³-hybridized carbons (Fsp3) is 0.344. The van der Waals surface area contributed by atoms with Gasteiger partial charge in [-0.25, -0.2) is 9.98 Å². The Hall–Kier alpha value is -4.95. The van der Waals surface area contributed by atoms with Gasteiger partial charge < -0.3 is 35.1 Å². The van der Waals surface area contributed by atoms with E-state index in [-0.39, 0.29) is 23.6 Å². The number of ether oxygens (including phenoxy) is 1. The highest BCUT2D eigenvalue weighted by Crippen LogP contribution is 2.30. The first-order valence-corrected chi connectivity index (χ1v) is 15.6. The number of aliphatic imine (C=N–C) groups is 1. The lowest BCUT2D eigenvalue weighted by Crippen LogP contribution is -2.28. The molecular formula is C32H41N9O4S. The number of aromatic nitrogens is 3.